The van der Waals surface area contributed by atoms with Crippen LogP contribution in [0.5, 0.6) is 5.88 Å². The molecule has 2 aromatic rings. The Morgan fingerprint density at radius 3 is 2.55 bits per heavy atom. The van der Waals surface area contributed by atoms with Crippen LogP contribution in [0.25, 0.3) is 0 Å². The van der Waals surface area contributed by atoms with Crippen LogP contribution in [0.2, 0.25) is 5.02 Å². The molecule has 0 spiro atoms. The molecule has 1 aromatic heterocycles. The Balaban J connectivity index is 2.18. The maximum Gasteiger partial charge on any atom is 0.222 e. The number of anilines is 1. The Bertz CT molecular complexity index is 572. The standard InChI is InChI=1S/C14H17ClN4O/c1-9(2)12-13(19-16)17-8-18-14(12)20-7-10-3-5-11(15)6-4-10/h3-6,8-9H,7,16H2,1-2H3,(H,17,18,19). The average molecular weight is 293 g/mol. The molecule has 5 nitrogen and oxygen atoms in total. The summed E-state index contributed by atoms with van der Waals surface area (Å²) in [6.45, 7) is 4.49. The fourth-order valence-corrected chi connectivity index (χ4v) is 1.99. The van der Waals surface area contributed by atoms with Crippen molar-refractivity contribution in [2.24, 2.45) is 5.84 Å². The third-order valence-electron chi connectivity index (χ3n) is 2.85. The molecule has 0 aliphatic heterocycles. The first-order valence-corrected chi connectivity index (χ1v) is 6.68. The quantitative estimate of drug-likeness (QED) is 0.654. The Morgan fingerprint density at radius 2 is 1.95 bits per heavy atom. The molecule has 2 rings (SSSR count). The van der Waals surface area contributed by atoms with Gasteiger partial charge in [0.05, 0.1) is 5.56 Å². The number of rotatable bonds is 5. The van der Waals surface area contributed by atoms with Crippen molar-refractivity contribution < 1.29 is 4.74 Å². The lowest BCUT2D eigenvalue weighted by atomic mass is 10.1. The number of hydrazine groups is 1. The van der Waals surface area contributed by atoms with E-state index in [0.717, 1.165) is 11.1 Å². The lowest BCUT2D eigenvalue weighted by Gasteiger charge is -2.15. The molecule has 106 valence electrons. The summed E-state index contributed by atoms with van der Waals surface area (Å²) in [6, 6.07) is 7.49. The van der Waals surface area contributed by atoms with Crippen LogP contribution in [-0.2, 0) is 6.61 Å². The zero-order chi connectivity index (χ0) is 14.5. The van der Waals surface area contributed by atoms with E-state index in [1.807, 2.05) is 38.1 Å². The summed E-state index contributed by atoms with van der Waals surface area (Å²) in [4.78, 5) is 8.29. The second-order valence-corrected chi connectivity index (χ2v) is 5.09. The lowest BCUT2D eigenvalue weighted by Crippen LogP contribution is -2.14. The summed E-state index contributed by atoms with van der Waals surface area (Å²) >= 11 is 5.85. The van der Waals surface area contributed by atoms with E-state index in [-0.39, 0.29) is 5.92 Å². The van der Waals surface area contributed by atoms with Gasteiger partial charge >= 0.3 is 0 Å². The van der Waals surface area contributed by atoms with Gasteiger partial charge in [-0.1, -0.05) is 37.6 Å². The van der Waals surface area contributed by atoms with Gasteiger partial charge in [-0.3, -0.25) is 0 Å². The maximum absolute atomic E-state index is 5.85. The molecule has 0 amide bonds. The van der Waals surface area contributed by atoms with Crippen molar-refractivity contribution in [3.05, 3.63) is 46.7 Å². The summed E-state index contributed by atoms with van der Waals surface area (Å²) < 4.78 is 5.78. The third-order valence-corrected chi connectivity index (χ3v) is 3.10. The highest BCUT2D eigenvalue weighted by Crippen LogP contribution is 2.29. The van der Waals surface area contributed by atoms with E-state index in [9.17, 15) is 0 Å². The highest BCUT2D eigenvalue weighted by atomic mass is 35.5. The van der Waals surface area contributed by atoms with Gasteiger partial charge in [-0.05, 0) is 23.6 Å². The maximum atomic E-state index is 5.85. The number of nitrogen functional groups attached to an aromatic ring is 1. The van der Waals surface area contributed by atoms with E-state index in [0.29, 0.717) is 23.3 Å². The van der Waals surface area contributed by atoms with Gasteiger partial charge in [-0.25, -0.2) is 15.8 Å². The second-order valence-electron chi connectivity index (χ2n) is 4.66. The number of ether oxygens (including phenoxy) is 1. The average Bonchev–Trinajstić information content (AvgIpc) is 2.46. The summed E-state index contributed by atoms with van der Waals surface area (Å²) in [5.74, 6) is 6.79. The fourth-order valence-electron chi connectivity index (χ4n) is 1.86. The van der Waals surface area contributed by atoms with Crippen LogP contribution in [0.1, 0.15) is 30.9 Å². The SMILES string of the molecule is CC(C)c1c(NN)ncnc1OCc1ccc(Cl)cc1. The largest absolute Gasteiger partial charge is 0.472 e. The molecule has 1 aromatic carbocycles. The van der Waals surface area contributed by atoms with Crippen molar-refractivity contribution in [1.82, 2.24) is 9.97 Å². The predicted octanol–water partition coefficient (Wildman–Crippen LogP) is 3.12. The number of aromatic nitrogens is 2. The van der Waals surface area contributed by atoms with Crippen LogP contribution >= 0.6 is 11.6 Å². The van der Waals surface area contributed by atoms with E-state index in [1.54, 1.807) is 0 Å². The number of halogens is 1. The number of hydrogen-bond donors (Lipinski definition) is 2. The Labute approximate surface area is 123 Å². The van der Waals surface area contributed by atoms with Crippen LogP contribution < -0.4 is 16.0 Å². The normalized spacial score (nSPS) is 10.7. The predicted molar refractivity (Wildman–Crippen MR) is 79.7 cm³/mol. The van der Waals surface area contributed by atoms with Gasteiger partial charge in [0.1, 0.15) is 12.9 Å². The summed E-state index contributed by atoms with van der Waals surface area (Å²) in [5, 5.41) is 0.702. The van der Waals surface area contributed by atoms with Gasteiger partial charge in [-0.2, -0.15) is 0 Å². The molecule has 0 atom stereocenters. The van der Waals surface area contributed by atoms with Gasteiger partial charge in [-0.15, -0.1) is 0 Å². The smallest absolute Gasteiger partial charge is 0.222 e. The molecule has 0 aliphatic rings. The molecular weight excluding hydrogens is 276 g/mol. The summed E-state index contributed by atoms with van der Waals surface area (Å²) in [5.41, 5.74) is 4.46. The van der Waals surface area contributed by atoms with E-state index in [1.165, 1.54) is 6.33 Å². The molecule has 0 fully saturated rings. The first-order chi connectivity index (χ1) is 9.61. The van der Waals surface area contributed by atoms with Gasteiger partial charge in [0.25, 0.3) is 0 Å². The Hall–Kier alpha value is -1.85. The number of nitrogens with one attached hydrogen (secondary N) is 1. The number of benzene rings is 1. The molecule has 6 heteroatoms. The van der Waals surface area contributed by atoms with E-state index in [2.05, 4.69) is 15.4 Å². The molecule has 20 heavy (non-hydrogen) atoms. The number of nitrogens with two attached hydrogens (primary N) is 1. The molecule has 0 saturated heterocycles. The van der Waals surface area contributed by atoms with Gasteiger partial charge in [0, 0.05) is 5.02 Å². The molecule has 0 saturated carbocycles. The topological polar surface area (TPSA) is 73.1 Å². The van der Waals surface area contributed by atoms with Crippen molar-refractivity contribution in [3.8, 4) is 5.88 Å². The zero-order valence-corrected chi connectivity index (χ0v) is 12.2. The van der Waals surface area contributed by atoms with Crippen LogP contribution in [-0.4, -0.2) is 9.97 Å². The number of nitrogens with zero attached hydrogens (tertiary/aromatic N) is 2. The van der Waals surface area contributed by atoms with Crippen LogP contribution in [0, 0.1) is 0 Å². The molecule has 1 heterocycles. The minimum atomic E-state index is 0.197. The summed E-state index contributed by atoms with van der Waals surface area (Å²) in [6.07, 6.45) is 1.43. The lowest BCUT2D eigenvalue weighted by molar-refractivity contribution is 0.289. The molecular formula is C14H17ClN4O. The van der Waals surface area contributed by atoms with Crippen LogP contribution in [0.3, 0.4) is 0 Å². The van der Waals surface area contributed by atoms with Crippen molar-refractivity contribution in [1.29, 1.82) is 0 Å². The van der Waals surface area contributed by atoms with E-state index in [4.69, 9.17) is 22.2 Å². The fraction of sp³-hybridized carbons (Fsp3) is 0.286. The van der Waals surface area contributed by atoms with E-state index >= 15 is 0 Å². The zero-order valence-electron chi connectivity index (χ0n) is 11.4. The molecule has 0 radical (unpaired) electrons. The highest BCUT2D eigenvalue weighted by Gasteiger charge is 2.15. The van der Waals surface area contributed by atoms with Crippen molar-refractivity contribution in [2.75, 3.05) is 5.43 Å². The molecule has 3 N–H and O–H groups in total. The Morgan fingerprint density at radius 1 is 1.25 bits per heavy atom. The highest BCUT2D eigenvalue weighted by molar-refractivity contribution is 6.30. The van der Waals surface area contributed by atoms with Crippen molar-refractivity contribution in [2.45, 2.75) is 26.4 Å². The molecule has 0 aliphatic carbocycles. The van der Waals surface area contributed by atoms with Crippen molar-refractivity contribution in [3.63, 3.8) is 0 Å². The van der Waals surface area contributed by atoms with Crippen molar-refractivity contribution >= 4 is 17.4 Å². The third kappa shape index (κ3) is 3.37. The van der Waals surface area contributed by atoms with Gasteiger partial charge in [0.15, 0.2) is 5.82 Å². The van der Waals surface area contributed by atoms with Crippen LogP contribution in [0.4, 0.5) is 5.82 Å². The van der Waals surface area contributed by atoms with E-state index < -0.39 is 0 Å². The molecule has 0 bridgehead atoms. The first kappa shape index (κ1) is 14.6. The second kappa shape index (κ2) is 6.54. The first-order valence-electron chi connectivity index (χ1n) is 6.30. The monoisotopic (exact) mass is 292 g/mol. The minimum Gasteiger partial charge on any atom is -0.472 e. The Kier molecular flexibility index (Phi) is 4.76. The summed E-state index contributed by atoms with van der Waals surface area (Å²) in [7, 11) is 0. The minimum absolute atomic E-state index is 0.197. The van der Waals surface area contributed by atoms with Gasteiger partial charge < -0.3 is 10.2 Å². The van der Waals surface area contributed by atoms with Gasteiger partial charge in [0.2, 0.25) is 5.88 Å². The molecule has 0 unspecified atom stereocenters. The van der Waals surface area contributed by atoms with Crippen LogP contribution in [0.15, 0.2) is 30.6 Å². The number of hydrogen-bond acceptors (Lipinski definition) is 5.